The van der Waals surface area contributed by atoms with Gasteiger partial charge in [0.1, 0.15) is 5.82 Å². The van der Waals surface area contributed by atoms with E-state index >= 15 is 0 Å². The van der Waals surface area contributed by atoms with E-state index in [4.69, 9.17) is 6.42 Å². The lowest BCUT2D eigenvalue weighted by molar-refractivity contribution is 0.624. The molecule has 0 heterocycles. The van der Waals surface area contributed by atoms with E-state index in [0.717, 1.165) is 12.0 Å². The summed E-state index contributed by atoms with van der Waals surface area (Å²) < 4.78 is 13.4. The van der Waals surface area contributed by atoms with Crippen LogP contribution in [-0.2, 0) is 6.42 Å². The lowest BCUT2D eigenvalue weighted by Crippen LogP contribution is -2.10. The van der Waals surface area contributed by atoms with Crippen LogP contribution < -0.4 is 4.90 Å². The van der Waals surface area contributed by atoms with Gasteiger partial charge >= 0.3 is 0 Å². The lowest BCUT2D eigenvalue weighted by Gasteiger charge is -2.13. The van der Waals surface area contributed by atoms with Gasteiger partial charge in [0.05, 0.1) is 5.69 Å². The number of halogens is 1. The number of rotatable bonds is 3. The first-order valence-electron chi connectivity index (χ1n) is 4.54. The minimum atomic E-state index is -0.190. The van der Waals surface area contributed by atoms with Gasteiger partial charge in [0.2, 0.25) is 0 Å². The molecule has 0 spiro atoms. The third-order valence-electron chi connectivity index (χ3n) is 2.05. The van der Waals surface area contributed by atoms with E-state index in [2.05, 4.69) is 5.92 Å². The zero-order valence-electron chi connectivity index (χ0n) is 8.55. The zero-order valence-corrected chi connectivity index (χ0v) is 8.55. The number of benzene rings is 1. The van der Waals surface area contributed by atoms with Crippen LogP contribution in [0.2, 0.25) is 0 Å². The van der Waals surface area contributed by atoms with Crippen molar-refractivity contribution in [3.63, 3.8) is 0 Å². The molecule has 0 aliphatic carbocycles. The topological polar surface area (TPSA) is 3.24 Å². The Morgan fingerprint density at radius 3 is 2.64 bits per heavy atom. The van der Waals surface area contributed by atoms with Crippen LogP contribution in [0.15, 0.2) is 18.2 Å². The normalized spacial score (nSPS) is 9.57. The quantitative estimate of drug-likeness (QED) is 0.663. The molecular weight excluding hydrogens is 177 g/mol. The van der Waals surface area contributed by atoms with Crippen LogP contribution in [0.1, 0.15) is 12.0 Å². The fourth-order valence-corrected chi connectivity index (χ4v) is 1.29. The Hall–Kier alpha value is -1.49. The van der Waals surface area contributed by atoms with Crippen molar-refractivity contribution < 1.29 is 4.39 Å². The third kappa shape index (κ3) is 2.50. The molecule has 0 radical (unpaired) electrons. The summed E-state index contributed by atoms with van der Waals surface area (Å²) in [6, 6.07) is 5.24. The van der Waals surface area contributed by atoms with E-state index in [1.54, 1.807) is 17.0 Å². The summed E-state index contributed by atoms with van der Waals surface area (Å²) in [5.74, 6) is 2.35. The first kappa shape index (κ1) is 10.6. The van der Waals surface area contributed by atoms with Gasteiger partial charge in [0, 0.05) is 20.5 Å². The molecule has 1 nitrogen and oxygen atoms in total. The molecule has 0 aromatic heterocycles. The van der Waals surface area contributed by atoms with Crippen LogP contribution in [0.5, 0.6) is 0 Å². The van der Waals surface area contributed by atoms with Gasteiger partial charge in [-0.1, -0.05) is 6.07 Å². The molecule has 0 fully saturated rings. The van der Waals surface area contributed by atoms with E-state index < -0.39 is 0 Å². The van der Waals surface area contributed by atoms with E-state index in [0.29, 0.717) is 12.1 Å². The second kappa shape index (κ2) is 4.66. The van der Waals surface area contributed by atoms with Crippen LogP contribution in [0, 0.1) is 18.2 Å². The molecule has 0 saturated carbocycles. The minimum absolute atomic E-state index is 0.190. The average molecular weight is 191 g/mol. The summed E-state index contributed by atoms with van der Waals surface area (Å²) in [4.78, 5) is 1.75. The number of aryl methyl sites for hydroxylation is 1. The Labute approximate surface area is 84.5 Å². The molecule has 0 aliphatic rings. The smallest absolute Gasteiger partial charge is 0.146 e. The molecule has 2 heteroatoms. The second-order valence-electron chi connectivity index (χ2n) is 3.38. The van der Waals surface area contributed by atoms with Gasteiger partial charge in [-0.3, -0.25) is 0 Å². The van der Waals surface area contributed by atoms with Crippen molar-refractivity contribution in [2.24, 2.45) is 0 Å². The maximum absolute atomic E-state index is 13.4. The van der Waals surface area contributed by atoms with Crippen molar-refractivity contribution in [1.29, 1.82) is 0 Å². The van der Waals surface area contributed by atoms with Gasteiger partial charge in [-0.05, 0) is 24.1 Å². The van der Waals surface area contributed by atoms with E-state index in [1.165, 1.54) is 0 Å². The van der Waals surface area contributed by atoms with Crippen LogP contribution in [0.3, 0.4) is 0 Å². The van der Waals surface area contributed by atoms with E-state index in [-0.39, 0.29) is 5.82 Å². The van der Waals surface area contributed by atoms with E-state index in [9.17, 15) is 4.39 Å². The summed E-state index contributed by atoms with van der Waals surface area (Å²) in [5, 5.41) is 0. The van der Waals surface area contributed by atoms with Crippen LogP contribution in [0.25, 0.3) is 0 Å². The third-order valence-corrected chi connectivity index (χ3v) is 2.05. The van der Waals surface area contributed by atoms with Gasteiger partial charge in [0.15, 0.2) is 0 Å². The lowest BCUT2D eigenvalue weighted by atomic mass is 10.1. The molecule has 0 bridgehead atoms. The monoisotopic (exact) mass is 191 g/mol. The Bertz CT molecular complexity index is 350. The molecule has 0 saturated heterocycles. The Kier molecular flexibility index (Phi) is 3.53. The summed E-state index contributed by atoms with van der Waals surface area (Å²) in [6.45, 7) is 0. The standard InChI is InChI=1S/C12H14FN/c1-4-5-6-10-7-8-12(14(2)3)11(13)9-10/h1,7-9H,5-6H2,2-3H3. The summed E-state index contributed by atoms with van der Waals surface area (Å²) >= 11 is 0. The highest BCUT2D eigenvalue weighted by molar-refractivity contribution is 5.47. The number of nitrogens with zero attached hydrogens (tertiary/aromatic N) is 1. The molecular formula is C12H14FN. The zero-order chi connectivity index (χ0) is 10.6. The van der Waals surface area contributed by atoms with Crippen molar-refractivity contribution in [2.75, 3.05) is 19.0 Å². The van der Waals surface area contributed by atoms with Crippen molar-refractivity contribution in [2.45, 2.75) is 12.8 Å². The van der Waals surface area contributed by atoms with Crippen molar-refractivity contribution in [3.05, 3.63) is 29.6 Å². The second-order valence-corrected chi connectivity index (χ2v) is 3.38. The van der Waals surface area contributed by atoms with Crippen molar-refractivity contribution in [1.82, 2.24) is 0 Å². The molecule has 1 rings (SSSR count). The average Bonchev–Trinajstić information content (AvgIpc) is 2.14. The predicted octanol–water partition coefficient (Wildman–Crippen LogP) is 2.46. The number of terminal acetylenes is 1. The predicted molar refractivity (Wildman–Crippen MR) is 57.9 cm³/mol. The summed E-state index contributed by atoms with van der Waals surface area (Å²) in [7, 11) is 3.64. The van der Waals surface area contributed by atoms with Gasteiger partial charge in [-0.25, -0.2) is 4.39 Å². The first-order valence-corrected chi connectivity index (χ1v) is 4.54. The van der Waals surface area contributed by atoms with E-state index in [1.807, 2.05) is 20.2 Å². The highest BCUT2D eigenvalue weighted by atomic mass is 19.1. The first-order chi connectivity index (χ1) is 6.65. The molecule has 74 valence electrons. The molecule has 0 unspecified atom stereocenters. The van der Waals surface area contributed by atoms with Crippen molar-refractivity contribution in [3.8, 4) is 12.3 Å². The molecule has 1 aromatic carbocycles. The molecule has 14 heavy (non-hydrogen) atoms. The Morgan fingerprint density at radius 2 is 2.14 bits per heavy atom. The number of hydrogen-bond donors (Lipinski definition) is 0. The molecule has 0 amide bonds. The molecule has 0 aliphatic heterocycles. The summed E-state index contributed by atoms with van der Waals surface area (Å²) in [5.41, 5.74) is 1.56. The SMILES string of the molecule is C#CCCc1ccc(N(C)C)c(F)c1. The Balaban J connectivity index is 2.85. The maximum Gasteiger partial charge on any atom is 0.146 e. The Morgan fingerprint density at radius 1 is 1.43 bits per heavy atom. The highest BCUT2D eigenvalue weighted by Crippen LogP contribution is 2.18. The molecule has 0 N–H and O–H groups in total. The highest BCUT2D eigenvalue weighted by Gasteiger charge is 2.04. The van der Waals surface area contributed by atoms with Gasteiger partial charge < -0.3 is 4.90 Å². The van der Waals surface area contributed by atoms with Gasteiger partial charge in [0.25, 0.3) is 0 Å². The largest absolute Gasteiger partial charge is 0.375 e. The maximum atomic E-state index is 13.4. The number of anilines is 1. The van der Waals surface area contributed by atoms with Gasteiger partial charge in [-0.2, -0.15) is 0 Å². The molecule has 0 atom stereocenters. The fourth-order valence-electron chi connectivity index (χ4n) is 1.29. The fraction of sp³-hybridized carbons (Fsp3) is 0.333. The molecule has 1 aromatic rings. The van der Waals surface area contributed by atoms with Crippen LogP contribution >= 0.6 is 0 Å². The summed E-state index contributed by atoms with van der Waals surface area (Å²) in [6.07, 6.45) is 6.53. The van der Waals surface area contributed by atoms with Crippen molar-refractivity contribution >= 4 is 5.69 Å². The van der Waals surface area contributed by atoms with Crippen LogP contribution in [-0.4, -0.2) is 14.1 Å². The minimum Gasteiger partial charge on any atom is -0.375 e. The number of hydrogen-bond acceptors (Lipinski definition) is 1. The van der Waals surface area contributed by atoms with Crippen LogP contribution in [0.4, 0.5) is 10.1 Å². The van der Waals surface area contributed by atoms with Gasteiger partial charge in [-0.15, -0.1) is 12.3 Å².